The molecule has 1 amide bonds. The predicted molar refractivity (Wildman–Crippen MR) is 76.8 cm³/mol. The third-order valence-corrected chi connectivity index (χ3v) is 4.09. The van der Waals surface area contributed by atoms with Gasteiger partial charge in [-0.1, -0.05) is 12.1 Å². The Balaban J connectivity index is 1.89. The molecule has 1 aliphatic rings. The molecule has 21 heavy (non-hydrogen) atoms. The number of furan rings is 1. The van der Waals surface area contributed by atoms with Gasteiger partial charge in [0, 0.05) is 37.1 Å². The van der Waals surface area contributed by atoms with E-state index in [1.807, 2.05) is 0 Å². The quantitative estimate of drug-likeness (QED) is 0.873. The lowest BCUT2D eigenvalue weighted by Crippen LogP contribution is -2.29. The Morgan fingerprint density at radius 1 is 1.52 bits per heavy atom. The molecule has 1 aliphatic heterocycles. The molecule has 5 heteroatoms. The number of carbonyl (C=O) groups is 1. The molecule has 2 heterocycles. The summed E-state index contributed by atoms with van der Waals surface area (Å²) in [6.45, 7) is 3.79. The second kappa shape index (κ2) is 5.48. The summed E-state index contributed by atoms with van der Waals surface area (Å²) in [6.07, 6.45) is 0.924. The normalized spacial score (nSPS) is 18.6. The van der Waals surface area contributed by atoms with Crippen LogP contribution in [-0.4, -0.2) is 37.6 Å². The van der Waals surface area contributed by atoms with Crippen LogP contribution < -0.4 is 0 Å². The number of nitrogens with zero attached hydrogens (tertiary/aromatic N) is 1. The van der Waals surface area contributed by atoms with E-state index in [9.17, 15) is 9.18 Å². The van der Waals surface area contributed by atoms with Gasteiger partial charge in [-0.25, -0.2) is 4.39 Å². The Morgan fingerprint density at radius 3 is 3.05 bits per heavy atom. The molecule has 1 aromatic heterocycles. The van der Waals surface area contributed by atoms with Gasteiger partial charge in [0.25, 0.3) is 5.91 Å². The van der Waals surface area contributed by atoms with Crippen LogP contribution in [0.15, 0.2) is 22.6 Å². The molecule has 0 aliphatic carbocycles. The predicted octanol–water partition coefficient (Wildman–Crippen LogP) is 2.99. The van der Waals surface area contributed by atoms with E-state index in [0.717, 1.165) is 6.42 Å². The third-order valence-electron chi connectivity index (χ3n) is 4.09. The Morgan fingerprint density at radius 2 is 2.33 bits per heavy atom. The standard InChI is InChI=1S/C16H18FNO3/c1-10-12-4-3-5-13(17)15(12)21-14(10)16(19)18-7-6-11(8-18)9-20-2/h3-5,11H,6-9H2,1-2H3. The van der Waals surface area contributed by atoms with Gasteiger partial charge >= 0.3 is 0 Å². The van der Waals surface area contributed by atoms with E-state index < -0.39 is 5.82 Å². The molecule has 0 saturated carbocycles. The minimum atomic E-state index is -0.437. The van der Waals surface area contributed by atoms with E-state index in [-0.39, 0.29) is 17.3 Å². The largest absolute Gasteiger partial charge is 0.448 e. The average Bonchev–Trinajstić information content (AvgIpc) is 3.06. The van der Waals surface area contributed by atoms with E-state index in [1.165, 1.54) is 6.07 Å². The van der Waals surface area contributed by atoms with Gasteiger partial charge in [0.05, 0.1) is 6.61 Å². The summed E-state index contributed by atoms with van der Waals surface area (Å²) >= 11 is 0. The van der Waals surface area contributed by atoms with Crippen molar-refractivity contribution in [2.24, 2.45) is 5.92 Å². The summed E-state index contributed by atoms with van der Waals surface area (Å²) in [4.78, 5) is 14.3. The first-order valence-electron chi connectivity index (χ1n) is 7.07. The molecule has 1 atom stereocenters. The Kier molecular flexibility index (Phi) is 3.68. The molecule has 1 fully saturated rings. The second-order valence-electron chi connectivity index (χ2n) is 5.53. The van der Waals surface area contributed by atoms with Crippen molar-refractivity contribution in [3.05, 3.63) is 35.3 Å². The summed E-state index contributed by atoms with van der Waals surface area (Å²) in [7, 11) is 1.66. The van der Waals surface area contributed by atoms with Gasteiger partial charge in [-0.15, -0.1) is 0 Å². The number of fused-ring (bicyclic) bond motifs is 1. The number of aryl methyl sites for hydroxylation is 1. The van der Waals surface area contributed by atoms with Crippen LogP contribution in [-0.2, 0) is 4.74 Å². The Labute approximate surface area is 122 Å². The van der Waals surface area contributed by atoms with Crippen molar-refractivity contribution >= 4 is 16.9 Å². The van der Waals surface area contributed by atoms with Crippen LogP contribution in [0.2, 0.25) is 0 Å². The van der Waals surface area contributed by atoms with E-state index in [1.54, 1.807) is 31.1 Å². The number of benzene rings is 1. The highest BCUT2D eigenvalue weighted by molar-refractivity contribution is 5.99. The summed E-state index contributed by atoms with van der Waals surface area (Å²) in [5.41, 5.74) is 0.857. The maximum Gasteiger partial charge on any atom is 0.289 e. The molecular weight excluding hydrogens is 273 g/mol. The first kappa shape index (κ1) is 14.1. The second-order valence-corrected chi connectivity index (χ2v) is 5.53. The lowest BCUT2D eigenvalue weighted by Gasteiger charge is -2.15. The van der Waals surface area contributed by atoms with Crippen LogP contribution in [0.4, 0.5) is 4.39 Å². The monoisotopic (exact) mass is 291 g/mol. The summed E-state index contributed by atoms with van der Waals surface area (Å²) in [5.74, 6) is 0.00331. The molecule has 1 saturated heterocycles. The summed E-state index contributed by atoms with van der Waals surface area (Å²) < 4.78 is 24.4. The van der Waals surface area contributed by atoms with Gasteiger partial charge in [0.15, 0.2) is 17.2 Å². The molecule has 0 spiro atoms. The third kappa shape index (κ3) is 2.42. The molecular formula is C16H18FNO3. The number of ether oxygens (including phenoxy) is 1. The lowest BCUT2D eigenvalue weighted by molar-refractivity contribution is 0.0745. The number of likely N-dealkylation sites (tertiary alicyclic amines) is 1. The van der Waals surface area contributed by atoms with Crippen molar-refractivity contribution < 1.29 is 18.3 Å². The zero-order valence-corrected chi connectivity index (χ0v) is 12.2. The number of rotatable bonds is 3. The maximum atomic E-state index is 13.7. The van der Waals surface area contributed by atoms with E-state index in [0.29, 0.717) is 36.6 Å². The highest BCUT2D eigenvalue weighted by Gasteiger charge is 2.30. The fourth-order valence-corrected chi connectivity index (χ4v) is 2.95. The SMILES string of the molecule is COCC1CCN(C(=O)c2oc3c(F)cccc3c2C)C1. The number of halogens is 1. The van der Waals surface area contributed by atoms with Crippen LogP contribution >= 0.6 is 0 Å². The average molecular weight is 291 g/mol. The zero-order valence-electron chi connectivity index (χ0n) is 12.2. The minimum absolute atomic E-state index is 0.158. The number of amides is 1. The minimum Gasteiger partial charge on any atom is -0.448 e. The van der Waals surface area contributed by atoms with Crippen molar-refractivity contribution in [1.82, 2.24) is 4.90 Å². The van der Waals surface area contributed by atoms with Crippen molar-refractivity contribution in [2.45, 2.75) is 13.3 Å². The number of para-hydroxylation sites is 1. The topological polar surface area (TPSA) is 42.7 Å². The van der Waals surface area contributed by atoms with Crippen LogP contribution in [0, 0.1) is 18.7 Å². The number of carbonyl (C=O) groups excluding carboxylic acids is 1. The lowest BCUT2D eigenvalue weighted by atomic mass is 10.1. The summed E-state index contributed by atoms with van der Waals surface area (Å²) in [6, 6.07) is 4.73. The first-order valence-corrected chi connectivity index (χ1v) is 7.07. The molecule has 112 valence electrons. The van der Waals surface area contributed by atoms with Gasteiger partial charge in [-0.05, 0) is 19.4 Å². The van der Waals surface area contributed by atoms with Gasteiger partial charge in [-0.3, -0.25) is 4.79 Å². The van der Waals surface area contributed by atoms with Crippen LogP contribution in [0.3, 0.4) is 0 Å². The molecule has 2 aromatic rings. The van der Waals surface area contributed by atoms with Gasteiger partial charge in [-0.2, -0.15) is 0 Å². The molecule has 1 unspecified atom stereocenters. The number of methoxy groups -OCH3 is 1. The van der Waals surface area contributed by atoms with E-state index in [2.05, 4.69) is 0 Å². The van der Waals surface area contributed by atoms with Crippen molar-refractivity contribution in [3.63, 3.8) is 0 Å². The van der Waals surface area contributed by atoms with E-state index in [4.69, 9.17) is 9.15 Å². The number of hydrogen-bond acceptors (Lipinski definition) is 3. The van der Waals surface area contributed by atoms with E-state index >= 15 is 0 Å². The Hall–Kier alpha value is -1.88. The highest BCUT2D eigenvalue weighted by Crippen LogP contribution is 2.29. The van der Waals surface area contributed by atoms with Crippen molar-refractivity contribution in [2.75, 3.05) is 26.8 Å². The highest BCUT2D eigenvalue weighted by atomic mass is 19.1. The van der Waals surface area contributed by atoms with Crippen molar-refractivity contribution in [3.8, 4) is 0 Å². The van der Waals surface area contributed by atoms with Gasteiger partial charge < -0.3 is 14.1 Å². The van der Waals surface area contributed by atoms with Gasteiger partial charge in [0.1, 0.15) is 0 Å². The fraction of sp³-hybridized carbons (Fsp3) is 0.438. The molecule has 1 aromatic carbocycles. The first-order chi connectivity index (χ1) is 10.1. The van der Waals surface area contributed by atoms with Crippen LogP contribution in [0.5, 0.6) is 0 Å². The molecule has 0 N–H and O–H groups in total. The Bertz CT molecular complexity index is 679. The number of hydrogen-bond donors (Lipinski definition) is 0. The molecule has 4 nitrogen and oxygen atoms in total. The van der Waals surface area contributed by atoms with Crippen molar-refractivity contribution in [1.29, 1.82) is 0 Å². The summed E-state index contributed by atoms with van der Waals surface area (Å²) in [5, 5.41) is 0.658. The molecule has 0 radical (unpaired) electrons. The zero-order chi connectivity index (χ0) is 15.0. The van der Waals surface area contributed by atoms with Crippen LogP contribution in [0.25, 0.3) is 11.0 Å². The molecule has 3 rings (SSSR count). The van der Waals surface area contributed by atoms with Gasteiger partial charge in [0.2, 0.25) is 0 Å². The smallest absolute Gasteiger partial charge is 0.289 e. The van der Waals surface area contributed by atoms with Crippen LogP contribution in [0.1, 0.15) is 22.5 Å². The molecule has 0 bridgehead atoms. The fourth-order valence-electron chi connectivity index (χ4n) is 2.95. The maximum absolute atomic E-state index is 13.7.